The van der Waals surface area contributed by atoms with Crippen molar-refractivity contribution in [2.45, 2.75) is 0 Å². The second-order valence-electron chi connectivity index (χ2n) is 14.3. The Balaban J connectivity index is 1.03. The fourth-order valence-corrected chi connectivity index (χ4v) is 7.89. The second-order valence-corrected chi connectivity index (χ2v) is 14.3. The molecule has 7 nitrogen and oxygen atoms in total. The first-order valence-corrected chi connectivity index (χ1v) is 19.5. The highest BCUT2D eigenvalue weighted by molar-refractivity contribution is 6.67. The summed E-state index contributed by atoms with van der Waals surface area (Å²) in [5.74, 6) is 0. The van der Waals surface area contributed by atoms with E-state index >= 15 is 0 Å². The second kappa shape index (κ2) is 15.5. The molecule has 7 heteroatoms. The zero-order chi connectivity index (χ0) is 39.5. The monoisotopic (exact) mass is 759 g/mol. The van der Waals surface area contributed by atoms with Crippen molar-refractivity contribution in [1.82, 2.24) is 19.9 Å². The first-order valence-electron chi connectivity index (χ1n) is 19.5. The van der Waals surface area contributed by atoms with Gasteiger partial charge in [0.15, 0.2) is 11.4 Å². The third-order valence-corrected chi connectivity index (χ3v) is 10.7. The summed E-state index contributed by atoms with van der Waals surface area (Å²) >= 11 is 0. The maximum atomic E-state index is 7.11. The predicted octanol–water partition coefficient (Wildman–Crippen LogP) is 9.17. The van der Waals surface area contributed by atoms with E-state index in [1.54, 1.807) is 12.4 Å². The van der Waals surface area contributed by atoms with E-state index in [-0.39, 0.29) is 0 Å². The number of benzene rings is 5. The molecule has 0 saturated heterocycles. The average Bonchev–Trinajstić information content (AvgIpc) is 3.31. The number of aromatic nitrogens is 4. The summed E-state index contributed by atoms with van der Waals surface area (Å²) in [5, 5.41) is 17.1. The van der Waals surface area contributed by atoms with Crippen LogP contribution in [0.3, 0.4) is 0 Å². The Morgan fingerprint density at radius 1 is 0.390 bits per heavy atom. The van der Waals surface area contributed by atoms with Gasteiger partial charge in [-0.25, -0.2) is 9.97 Å². The number of nitrogens with zero attached hydrogens (tertiary/aromatic N) is 5. The molecular formula is C52H37N7+2. The zero-order valence-electron chi connectivity index (χ0n) is 31.9. The third-order valence-electron chi connectivity index (χ3n) is 10.7. The molecule has 59 heavy (non-hydrogen) atoms. The normalized spacial score (nSPS) is 13.4. The van der Waals surface area contributed by atoms with Crippen molar-refractivity contribution in [3.63, 3.8) is 0 Å². The SMILES string of the molecule is [NH2+]=C1C(c2cccc(-c3ccccn3)n2)=CC=C(c2cccc(-c3ccccn3)n2)C1=N[NH2+]c1ccc(-c2c3ccccc3c(-c3ccccc3)c3ccccc23)cc1. The molecule has 0 bridgehead atoms. The molecule has 0 fully saturated rings. The van der Waals surface area contributed by atoms with Crippen LogP contribution < -0.4 is 10.8 Å². The molecular weight excluding hydrogens is 723 g/mol. The van der Waals surface area contributed by atoms with E-state index < -0.39 is 0 Å². The maximum Gasteiger partial charge on any atom is 0.238 e. The number of allylic oxidation sites excluding steroid dienone is 4. The summed E-state index contributed by atoms with van der Waals surface area (Å²) in [6, 6.07) is 60.1. The van der Waals surface area contributed by atoms with Crippen LogP contribution in [0.2, 0.25) is 0 Å². The summed E-state index contributed by atoms with van der Waals surface area (Å²) in [5.41, 5.74) is 14.8. The van der Waals surface area contributed by atoms with E-state index in [2.05, 4.69) is 113 Å². The fourth-order valence-electron chi connectivity index (χ4n) is 7.89. The molecule has 1 aliphatic carbocycles. The molecule has 1 aliphatic rings. The minimum absolute atomic E-state index is 0.502. The highest BCUT2D eigenvalue weighted by atomic mass is 15.3. The van der Waals surface area contributed by atoms with E-state index in [1.165, 1.54) is 38.2 Å². The number of pyridine rings is 4. The molecule has 0 atom stereocenters. The average molecular weight is 760 g/mol. The van der Waals surface area contributed by atoms with Crippen molar-refractivity contribution >= 4 is 49.8 Å². The van der Waals surface area contributed by atoms with Gasteiger partial charge in [-0.3, -0.25) is 15.4 Å². The van der Waals surface area contributed by atoms with Crippen LogP contribution >= 0.6 is 0 Å². The van der Waals surface area contributed by atoms with Crippen LogP contribution in [0.4, 0.5) is 5.69 Å². The van der Waals surface area contributed by atoms with E-state index in [0.717, 1.165) is 56.6 Å². The number of hydrogen-bond donors (Lipinski definition) is 2. The number of quaternary nitrogens is 1. The molecule has 0 aliphatic heterocycles. The van der Waals surface area contributed by atoms with Gasteiger partial charge in [0, 0.05) is 30.1 Å². The van der Waals surface area contributed by atoms with Gasteiger partial charge in [-0.1, -0.05) is 108 Å². The van der Waals surface area contributed by atoms with Crippen LogP contribution in [-0.4, -0.2) is 31.4 Å². The van der Waals surface area contributed by atoms with Crippen molar-refractivity contribution in [2.24, 2.45) is 5.10 Å². The van der Waals surface area contributed by atoms with Crippen LogP contribution in [0.5, 0.6) is 0 Å². The lowest BCUT2D eigenvalue weighted by Crippen LogP contribution is -2.72. The van der Waals surface area contributed by atoms with Gasteiger partial charge < -0.3 is 0 Å². The Hall–Kier alpha value is -8.00. The predicted molar refractivity (Wildman–Crippen MR) is 239 cm³/mol. The summed E-state index contributed by atoms with van der Waals surface area (Å²) in [6.45, 7) is 0. The summed E-state index contributed by atoms with van der Waals surface area (Å²) < 4.78 is 0. The zero-order valence-corrected chi connectivity index (χ0v) is 31.9. The number of hydrogen-bond acceptors (Lipinski definition) is 5. The van der Waals surface area contributed by atoms with Gasteiger partial charge in [0.05, 0.1) is 39.7 Å². The Bertz CT molecular complexity index is 3060. The minimum atomic E-state index is 0.502. The summed E-state index contributed by atoms with van der Waals surface area (Å²) in [6.07, 6.45) is 7.56. The largest absolute Gasteiger partial charge is 0.255 e. The molecule has 10 rings (SSSR count). The molecule has 4 aromatic heterocycles. The standard InChI is InChI=1S/C52H35N7/c53-51-41(43-22-12-24-47(56-43)45-20-8-10-32-54-45)30-31-42(44-23-13-25-48(57-44)46-21-9-11-33-55-46)52(51)59-58-36-28-26-35(27-29-36)50-39-18-6-4-16-37(39)49(34-14-2-1-3-15-34)38-17-5-7-19-40(38)50/h1-33,53,58H/p+2. The van der Waals surface area contributed by atoms with Gasteiger partial charge >= 0.3 is 0 Å². The molecule has 9 aromatic rings. The molecule has 0 amide bonds. The number of rotatable bonds is 8. The molecule has 0 unspecified atom stereocenters. The van der Waals surface area contributed by atoms with E-state index in [1.807, 2.05) is 90.4 Å². The van der Waals surface area contributed by atoms with Crippen LogP contribution in [-0.2, 0) is 0 Å². The van der Waals surface area contributed by atoms with Crippen LogP contribution in [0, 0.1) is 0 Å². The fraction of sp³-hybridized carbons (Fsp3) is 0. The first kappa shape index (κ1) is 35.4. The molecule has 0 radical (unpaired) electrons. The Kier molecular flexibility index (Phi) is 9.31. The van der Waals surface area contributed by atoms with Gasteiger partial charge in [-0.05, 0) is 117 Å². The Morgan fingerprint density at radius 3 is 1.36 bits per heavy atom. The molecule has 5 aromatic carbocycles. The molecule has 0 spiro atoms. The van der Waals surface area contributed by atoms with Crippen molar-refractivity contribution in [2.75, 3.05) is 0 Å². The van der Waals surface area contributed by atoms with Gasteiger partial charge in [0.25, 0.3) is 0 Å². The quantitative estimate of drug-likeness (QED) is 0.0530. The molecule has 0 saturated carbocycles. The van der Waals surface area contributed by atoms with E-state index in [0.29, 0.717) is 11.4 Å². The van der Waals surface area contributed by atoms with Gasteiger partial charge in [-0.2, -0.15) is 5.43 Å². The van der Waals surface area contributed by atoms with Gasteiger partial charge in [0.2, 0.25) is 5.71 Å². The molecule has 4 heterocycles. The Morgan fingerprint density at radius 2 is 0.831 bits per heavy atom. The summed E-state index contributed by atoms with van der Waals surface area (Å²) in [7, 11) is 0. The van der Waals surface area contributed by atoms with E-state index in [4.69, 9.17) is 20.5 Å². The van der Waals surface area contributed by atoms with Gasteiger partial charge in [0.1, 0.15) is 0 Å². The first-order chi connectivity index (χ1) is 29.2. The number of fused-ring (bicyclic) bond motifs is 2. The Labute approximate surface area is 341 Å². The lowest BCUT2D eigenvalue weighted by molar-refractivity contribution is -0.577. The van der Waals surface area contributed by atoms with Crippen molar-refractivity contribution in [1.29, 1.82) is 0 Å². The highest BCUT2D eigenvalue weighted by Gasteiger charge is 2.31. The van der Waals surface area contributed by atoms with E-state index in [9.17, 15) is 0 Å². The maximum absolute atomic E-state index is 7.11. The molecule has 278 valence electrons. The van der Waals surface area contributed by atoms with Gasteiger partial charge in [-0.15, -0.1) is 0 Å². The highest BCUT2D eigenvalue weighted by Crippen LogP contribution is 2.43. The lowest BCUT2D eigenvalue weighted by atomic mass is 9.86. The minimum Gasteiger partial charge on any atom is -0.255 e. The van der Waals surface area contributed by atoms with Crippen molar-refractivity contribution < 1.29 is 10.8 Å². The van der Waals surface area contributed by atoms with Crippen molar-refractivity contribution in [3.05, 3.63) is 212 Å². The number of nitrogens with two attached hydrogens (primary N) is 2. The third kappa shape index (κ3) is 6.82. The lowest BCUT2D eigenvalue weighted by Gasteiger charge is -2.17. The van der Waals surface area contributed by atoms with Crippen LogP contribution in [0.1, 0.15) is 11.4 Å². The summed E-state index contributed by atoms with van der Waals surface area (Å²) in [4.78, 5) is 19.1. The van der Waals surface area contributed by atoms with Crippen LogP contribution in [0.15, 0.2) is 206 Å². The topological polar surface area (TPSA) is 106 Å². The van der Waals surface area contributed by atoms with Crippen molar-refractivity contribution in [3.8, 4) is 45.0 Å². The van der Waals surface area contributed by atoms with Crippen LogP contribution in [0.25, 0.3) is 77.7 Å². The smallest absolute Gasteiger partial charge is 0.238 e. The molecule has 4 N–H and O–H groups in total.